The van der Waals surface area contributed by atoms with Crippen LogP contribution in [0.25, 0.3) is 0 Å². The third-order valence-electron chi connectivity index (χ3n) is 8.50. The zero-order valence-corrected chi connectivity index (χ0v) is 31.3. The molecule has 12 heteroatoms. The predicted octanol–water partition coefficient (Wildman–Crippen LogP) is 6.03. The summed E-state index contributed by atoms with van der Waals surface area (Å²) in [6.07, 6.45) is 12.9. The molecule has 10 nitrogen and oxygen atoms in total. The molecule has 0 aromatic carbocycles. The molecule has 1 saturated heterocycles. The number of likely N-dealkylation sites (tertiary alicyclic amines) is 1. The van der Waals surface area contributed by atoms with Gasteiger partial charge in [-0.25, -0.2) is 11.4 Å². The number of hydrazine groups is 1. The number of nitrogens with one attached hydrogen (secondary N) is 2. The molecule has 6 N–H and O–H groups in total. The number of nitrogens with zero attached hydrogens (tertiary/aromatic N) is 4. The number of hydrogen-bond acceptors (Lipinski definition) is 7. The van der Waals surface area contributed by atoms with Crippen molar-refractivity contribution in [2.75, 3.05) is 26.2 Å². The van der Waals surface area contributed by atoms with Crippen molar-refractivity contribution >= 4 is 46.6 Å². The van der Waals surface area contributed by atoms with Gasteiger partial charge in [0.25, 0.3) is 11.8 Å². The molecule has 0 bridgehead atoms. The number of aliphatic imine (C=N–C) groups is 1. The fourth-order valence-electron chi connectivity index (χ4n) is 5.79. The van der Waals surface area contributed by atoms with Crippen LogP contribution in [0.1, 0.15) is 80.6 Å². The van der Waals surface area contributed by atoms with E-state index in [0.29, 0.717) is 46.5 Å². The maximum atomic E-state index is 14.6. The average Bonchev–Trinajstić information content (AvgIpc) is 3.27. The first-order chi connectivity index (χ1) is 22.4. The Labute approximate surface area is 297 Å². The van der Waals surface area contributed by atoms with Crippen molar-refractivity contribution in [3.8, 4) is 0 Å². The fourth-order valence-corrected chi connectivity index (χ4v) is 6.26. The van der Waals surface area contributed by atoms with Crippen LogP contribution in [0.15, 0.2) is 80.4 Å². The number of rotatable bonds is 16. The zero-order valence-electron chi connectivity index (χ0n) is 29.8. The normalized spacial score (nSPS) is 18.9. The first kappa shape index (κ1) is 41.0. The van der Waals surface area contributed by atoms with Crippen molar-refractivity contribution < 1.29 is 9.59 Å². The van der Waals surface area contributed by atoms with Gasteiger partial charge in [-0.1, -0.05) is 83.1 Å². The van der Waals surface area contributed by atoms with Crippen LogP contribution in [-0.4, -0.2) is 71.0 Å². The summed E-state index contributed by atoms with van der Waals surface area (Å²) in [6.45, 7) is 25.2. The molecule has 1 fully saturated rings. The van der Waals surface area contributed by atoms with Crippen LogP contribution in [0.5, 0.6) is 0 Å². The van der Waals surface area contributed by atoms with Gasteiger partial charge in [0.2, 0.25) is 0 Å². The molecule has 1 unspecified atom stereocenters. The van der Waals surface area contributed by atoms with E-state index < -0.39 is 11.6 Å². The average molecular weight is 704 g/mol. The Bertz CT molecular complexity index is 1380. The second-order valence-corrected chi connectivity index (χ2v) is 15.0. The molecule has 0 aromatic rings. The van der Waals surface area contributed by atoms with Gasteiger partial charge in [-0.05, 0) is 80.4 Å². The molecule has 0 aliphatic carbocycles. The standard InChI is InChI=1S/C36H56Cl2N8O2/c1-10-28(12-11-25(4)33(47)41-23-31(39)43-44-40)30(13-15-35(7,8)9)46-34(48)32(26(5)21-29(38)22-27(6)37)42-36(46)16-19-45(20-17-36)18-14-24(2)3/h10-12,21-22,24,30,44H,4,6,13-20,23,40H2,1-3,5,7-9H3,(H2,39,43)(H,41,47)/b12-11-,26-21+,28-10+,29-22+. The second kappa shape index (κ2) is 18.5. The van der Waals surface area contributed by atoms with E-state index in [-0.39, 0.29) is 35.3 Å². The molecule has 48 heavy (non-hydrogen) atoms. The van der Waals surface area contributed by atoms with Crippen LogP contribution in [0, 0.1) is 11.3 Å². The molecule has 2 amide bonds. The quantitative estimate of drug-likeness (QED) is 0.0386. The smallest absolute Gasteiger partial charge is 0.274 e. The number of allylic oxidation sites excluding steroid dienone is 5. The zero-order chi connectivity index (χ0) is 36.2. The minimum atomic E-state index is -0.727. The first-order valence-corrected chi connectivity index (χ1v) is 17.3. The summed E-state index contributed by atoms with van der Waals surface area (Å²) in [5.41, 5.74) is 9.29. The van der Waals surface area contributed by atoms with E-state index in [4.69, 9.17) is 39.8 Å². The molecular formula is C36H56Cl2N8O2. The highest BCUT2D eigenvalue weighted by atomic mass is 35.5. The van der Waals surface area contributed by atoms with Gasteiger partial charge >= 0.3 is 0 Å². The molecule has 0 saturated carbocycles. The van der Waals surface area contributed by atoms with E-state index in [1.165, 1.54) is 0 Å². The topological polar surface area (TPSA) is 141 Å². The lowest BCUT2D eigenvalue weighted by Gasteiger charge is -2.47. The van der Waals surface area contributed by atoms with E-state index >= 15 is 0 Å². The lowest BCUT2D eigenvalue weighted by molar-refractivity contribution is -0.132. The molecule has 0 aromatic heterocycles. The molecule has 266 valence electrons. The Balaban J connectivity index is 2.56. The van der Waals surface area contributed by atoms with Gasteiger partial charge < -0.3 is 20.9 Å². The molecule has 1 atom stereocenters. The number of nitrogens with two attached hydrogens (primary N) is 2. The van der Waals surface area contributed by atoms with E-state index in [1.807, 2.05) is 30.9 Å². The highest BCUT2D eigenvalue weighted by molar-refractivity contribution is 6.47. The summed E-state index contributed by atoms with van der Waals surface area (Å²) in [5, 5.41) is 6.98. The molecule has 2 heterocycles. The first-order valence-electron chi connectivity index (χ1n) is 16.6. The number of carbonyl (C=O) groups is 2. The van der Waals surface area contributed by atoms with Gasteiger partial charge in [0.1, 0.15) is 17.2 Å². The van der Waals surface area contributed by atoms with Gasteiger partial charge in [0.15, 0.2) is 0 Å². The maximum absolute atomic E-state index is 14.6. The number of hydrazone groups is 1. The number of carbonyl (C=O) groups excluding carboxylic acids is 2. The van der Waals surface area contributed by atoms with Gasteiger partial charge in [-0.2, -0.15) is 5.10 Å². The van der Waals surface area contributed by atoms with Crippen molar-refractivity contribution in [3.05, 3.63) is 70.3 Å². The van der Waals surface area contributed by atoms with Crippen LogP contribution in [0.2, 0.25) is 0 Å². The van der Waals surface area contributed by atoms with Crippen molar-refractivity contribution in [2.24, 2.45) is 33.0 Å². The van der Waals surface area contributed by atoms with Gasteiger partial charge in [-0.15, -0.1) is 0 Å². The molecule has 2 rings (SSSR count). The molecule has 2 aliphatic rings. The predicted molar refractivity (Wildman–Crippen MR) is 201 cm³/mol. The molecule has 2 aliphatic heterocycles. The number of halogens is 2. The number of piperidine rings is 1. The summed E-state index contributed by atoms with van der Waals surface area (Å²) in [5.74, 6) is 5.35. The van der Waals surface area contributed by atoms with E-state index in [1.54, 1.807) is 18.2 Å². The van der Waals surface area contributed by atoms with Crippen LogP contribution >= 0.6 is 23.2 Å². The second-order valence-electron chi connectivity index (χ2n) is 14.1. The monoisotopic (exact) mass is 702 g/mol. The van der Waals surface area contributed by atoms with E-state index in [9.17, 15) is 9.59 Å². The van der Waals surface area contributed by atoms with Gasteiger partial charge in [0, 0.05) is 41.6 Å². The van der Waals surface area contributed by atoms with Crippen LogP contribution in [-0.2, 0) is 9.59 Å². The Morgan fingerprint density at radius 3 is 2.33 bits per heavy atom. The lowest BCUT2D eigenvalue weighted by Crippen LogP contribution is -2.57. The maximum Gasteiger partial charge on any atom is 0.274 e. The molecule has 1 spiro atoms. The van der Waals surface area contributed by atoms with Crippen LogP contribution in [0.3, 0.4) is 0 Å². The Hall–Kier alpha value is -3.18. The van der Waals surface area contributed by atoms with E-state index in [2.05, 4.69) is 68.6 Å². The highest BCUT2D eigenvalue weighted by Crippen LogP contribution is 2.41. The Morgan fingerprint density at radius 2 is 1.79 bits per heavy atom. The van der Waals surface area contributed by atoms with Crippen LogP contribution < -0.4 is 22.4 Å². The summed E-state index contributed by atoms with van der Waals surface area (Å²) >= 11 is 12.4. The number of amidine groups is 1. The lowest BCUT2D eigenvalue weighted by atomic mass is 9.84. The number of amides is 2. The largest absolute Gasteiger partial charge is 0.384 e. The van der Waals surface area contributed by atoms with Gasteiger partial charge in [0.05, 0.1) is 12.6 Å². The third-order valence-corrected chi connectivity index (χ3v) is 8.82. The fraction of sp³-hybridized carbons (Fsp3) is 0.556. The Kier molecular flexibility index (Phi) is 15.8. The van der Waals surface area contributed by atoms with Gasteiger partial charge in [-0.3, -0.25) is 14.6 Å². The van der Waals surface area contributed by atoms with Crippen LogP contribution in [0.4, 0.5) is 0 Å². The minimum absolute atomic E-state index is 0.00472. The van der Waals surface area contributed by atoms with E-state index in [0.717, 1.165) is 38.0 Å². The van der Waals surface area contributed by atoms with Crippen molar-refractivity contribution in [2.45, 2.75) is 92.3 Å². The summed E-state index contributed by atoms with van der Waals surface area (Å²) in [4.78, 5) is 37.1. The Morgan fingerprint density at radius 1 is 1.15 bits per heavy atom. The summed E-state index contributed by atoms with van der Waals surface area (Å²) < 4.78 is 0. The number of hydrogen-bond donors (Lipinski definition) is 4. The highest BCUT2D eigenvalue weighted by Gasteiger charge is 2.51. The molecule has 0 radical (unpaired) electrons. The summed E-state index contributed by atoms with van der Waals surface area (Å²) in [7, 11) is 0. The van der Waals surface area contributed by atoms with Crippen molar-refractivity contribution in [1.82, 2.24) is 20.7 Å². The summed E-state index contributed by atoms with van der Waals surface area (Å²) in [6, 6.07) is -0.308. The molecular weight excluding hydrogens is 647 g/mol. The minimum Gasteiger partial charge on any atom is -0.384 e. The third kappa shape index (κ3) is 12.4. The SMILES string of the molecule is C=C(Cl)/C=C(Cl)\C=C(/C)C1=NC2(CCN(CCC(C)C)CC2)N(C(CCC(C)(C)C)C(/C=C\C(=C)C(=O)NC/C(N)=N/NN)=C/C)C1=O. The van der Waals surface area contributed by atoms with Crippen molar-refractivity contribution in [1.29, 1.82) is 0 Å². The van der Waals surface area contributed by atoms with Crippen molar-refractivity contribution in [3.63, 3.8) is 0 Å².